The number of hydrogen-bond donors (Lipinski definition) is 2. The summed E-state index contributed by atoms with van der Waals surface area (Å²) in [6, 6.07) is 14.0. The number of nitrogens with one attached hydrogen (secondary N) is 2. The summed E-state index contributed by atoms with van der Waals surface area (Å²) in [6.45, 7) is 17.9. The first-order valence-electron chi connectivity index (χ1n) is 15.6. The first kappa shape index (κ1) is 34.7. The Balaban J connectivity index is 1.65. The summed E-state index contributed by atoms with van der Waals surface area (Å²) < 4.78 is 14.5. The van der Waals surface area contributed by atoms with Crippen molar-refractivity contribution in [2.24, 2.45) is 0 Å². The maximum absolute atomic E-state index is 12.4. The van der Waals surface area contributed by atoms with Crippen molar-refractivity contribution >= 4 is 48.1 Å². The maximum atomic E-state index is 12.4. The van der Waals surface area contributed by atoms with Crippen molar-refractivity contribution in [1.82, 2.24) is 19.4 Å². The molecule has 4 aromatic rings. The molecule has 10 nitrogen and oxygen atoms in total. The van der Waals surface area contributed by atoms with Crippen molar-refractivity contribution in [2.75, 3.05) is 63.5 Å². The molecule has 2 aromatic heterocycles. The van der Waals surface area contributed by atoms with E-state index in [-0.39, 0.29) is 10.9 Å². The van der Waals surface area contributed by atoms with Gasteiger partial charge in [-0.2, -0.15) is 0 Å². The second kappa shape index (κ2) is 14.5. The lowest BCUT2D eigenvalue weighted by atomic mass is 10.1. The van der Waals surface area contributed by atoms with Crippen molar-refractivity contribution in [1.29, 1.82) is 0 Å². The molecule has 0 saturated carbocycles. The number of likely N-dealkylation sites (N-methyl/N-ethyl adjacent to an activating group) is 2. The molecule has 0 fully saturated rings. The zero-order valence-corrected chi connectivity index (χ0v) is 29.8. The van der Waals surface area contributed by atoms with E-state index in [2.05, 4.69) is 94.8 Å². The monoisotopic (exact) mass is 643 g/mol. The van der Waals surface area contributed by atoms with Crippen LogP contribution < -0.4 is 20.3 Å². The number of hydrogen-bond acceptors (Lipinski definition) is 8. The highest BCUT2D eigenvalue weighted by Crippen LogP contribution is 2.39. The Bertz CT molecular complexity index is 1680. The summed E-state index contributed by atoms with van der Waals surface area (Å²) in [6.07, 6.45) is 5.14. The number of carbonyl (C=O) groups is 1. The lowest BCUT2D eigenvalue weighted by Gasteiger charge is -2.36. The Morgan fingerprint density at radius 1 is 1.09 bits per heavy atom. The number of ether oxygens (including phenoxy) is 1. The number of methoxy groups -OCH3 is 1. The van der Waals surface area contributed by atoms with Crippen molar-refractivity contribution in [2.45, 2.75) is 45.4 Å². The number of para-hydroxylation sites is 1. The zero-order valence-electron chi connectivity index (χ0n) is 28.8. The van der Waals surface area contributed by atoms with Crippen LogP contribution in [0, 0.1) is 0 Å². The van der Waals surface area contributed by atoms with E-state index in [4.69, 9.17) is 14.1 Å². The predicted molar refractivity (Wildman–Crippen MR) is 193 cm³/mol. The summed E-state index contributed by atoms with van der Waals surface area (Å²) in [7, 11) is 5.80. The van der Waals surface area contributed by atoms with E-state index in [0.29, 0.717) is 29.7 Å². The lowest BCUT2D eigenvalue weighted by molar-refractivity contribution is -0.111. The molecular formula is C35H49N7O3Si. The standard InChI is InChI=1S/C35H49N7O3Si/c1-11-33(43)37-28-22-29(32(44-8)23-31(28)41(7)19-18-40(5)6)39-34-36-17-16-27(38-34)26-24-42(30-15-13-12-14-25(26)30)20-21-45-46(9,10)35(2,3)4/h11-17,22-24H,1,18-21H2,2-10H3,(H,37,43)(H,36,38,39). The van der Waals surface area contributed by atoms with Gasteiger partial charge in [-0.1, -0.05) is 45.5 Å². The third-order valence-electron chi connectivity index (χ3n) is 8.62. The highest BCUT2D eigenvalue weighted by molar-refractivity contribution is 6.74. The lowest BCUT2D eigenvalue weighted by Crippen LogP contribution is -2.41. The average Bonchev–Trinajstić information content (AvgIpc) is 3.38. The van der Waals surface area contributed by atoms with Crippen molar-refractivity contribution < 1.29 is 14.0 Å². The quantitative estimate of drug-likeness (QED) is 0.112. The van der Waals surface area contributed by atoms with Gasteiger partial charge in [0.1, 0.15) is 5.75 Å². The van der Waals surface area contributed by atoms with Gasteiger partial charge in [0.2, 0.25) is 11.9 Å². The van der Waals surface area contributed by atoms with Gasteiger partial charge in [-0.25, -0.2) is 9.97 Å². The number of carbonyl (C=O) groups excluding carboxylic acids is 1. The zero-order chi connectivity index (χ0) is 33.6. The predicted octanol–water partition coefficient (Wildman–Crippen LogP) is 6.99. The Labute approximate surface area is 274 Å². The Kier molecular flexibility index (Phi) is 10.9. The molecule has 0 atom stereocenters. The van der Waals surface area contributed by atoms with Gasteiger partial charge in [0, 0.05) is 61.6 Å². The van der Waals surface area contributed by atoms with Crippen LogP contribution >= 0.6 is 0 Å². The molecule has 0 aliphatic heterocycles. The molecule has 0 aliphatic carbocycles. The fraction of sp³-hybridized carbons (Fsp3) is 0.400. The van der Waals surface area contributed by atoms with Crippen LogP contribution in [0.5, 0.6) is 5.75 Å². The second-order valence-electron chi connectivity index (χ2n) is 13.2. The largest absolute Gasteiger partial charge is 0.494 e. The molecule has 0 aliphatic rings. The molecule has 0 spiro atoms. The van der Waals surface area contributed by atoms with Crippen LogP contribution in [0.2, 0.25) is 18.1 Å². The van der Waals surface area contributed by atoms with Gasteiger partial charge < -0.3 is 34.2 Å². The van der Waals surface area contributed by atoms with Crippen LogP contribution in [0.15, 0.2) is 67.5 Å². The third kappa shape index (κ3) is 8.14. The van der Waals surface area contributed by atoms with Gasteiger partial charge >= 0.3 is 0 Å². The molecule has 11 heteroatoms. The molecule has 46 heavy (non-hydrogen) atoms. The van der Waals surface area contributed by atoms with Crippen molar-refractivity contribution in [3.8, 4) is 17.0 Å². The van der Waals surface area contributed by atoms with Crippen LogP contribution in [0.1, 0.15) is 20.8 Å². The number of anilines is 4. The molecule has 0 saturated heterocycles. The minimum Gasteiger partial charge on any atom is -0.494 e. The van der Waals surface area contributed by atoms with E-state index in [1.807, 2.05) is 45.4 Å². The molecule has 2 heterocycles. The van der Waals surface area contributed by atoms with E-state index in [1.165, 1.54) is 6.08 Å². The van der Waals surface area contributed by atoms with Gasteiger partial charge in [-0.15, -0.1) is 0 Å². The Morgan fingerprint density at radius 2 is 1.83 bits per heavy atom. The maximum Gasteiger partial charge on any atom is 0.247 e. The number of rotatable bonds is 14. The van der Waals surface area contributed by atoms with E-state index in [1.54, 1.807) is 13.3 Å². The topological polar surface area (TPSA) is 96.8 Å². The van der Waals surface area contributed by atoms with Gasteiger partial charge in [0.15, 0.2) is 8.32 Å². The number of fused-ring (bicyclic) bond motifs is 1. The van der Waals surface area contributed by atoms with Gasteiger partial charge in [-0.3, -0.25) is 4.79 Å². The van der Waals surface area contributed by atoms with Crippen LogP contribution in [0.25, 0.3) is 22.2 Å². The molecule has 2 N–H and O–H groups in total. The molecule has 2 aromatic carbocycles. The number of amides is 1. The van der Waals surface area contributed by atoms with Gasteiger partial charge in [-0.05, 0) is 56.5 Å². The number of aromatic nitrogens is 3. The van der Waals surface area contributed by atoms with Crippen molar-refractivity contribution in [3.63, 3.8) is 0 Å². The minimum absolute atomic E-state index is 0.157. The molecule has 4 rings (SSSR count). The molecule has 0 unspecified atom stereocenters. The van der Waals surface area contributed by atoms with E-state index < -0.39 is 8.32 Å². The van der Waals surface area contributed by atoms with Crippen LogP contribution in [-0.4, -0.2) is 81.6 Å². The summed E-state index contributed by atoms with van der Waals surface area (Å²) >= 11 is 0. The van der Waals surface area contributed by atoms with E-state index in [9.17, 15) is 4.79 Å². The fourth-order valence-corrected chi connectivity index (χ4v) is 5.88. The summed E-state index contributed by atoms with van der Waals surface area (Å²) in [4.78, 5) is 26.0. The summed E-state index contributed by atoms with van der Waals surface area (Å²) in [5.74, 6) is 0.696. The van der Waals surface area contributed by atoms with Gasteiger partial charge in [0.05, 0.1) is 36.5 Å². The Hall–Kier alpha value is -4.19. The second-order valence-corrected chi connectivity index (χ2v) is 18.0. The molecule has 1 amide bonds. The summed E-state index contributed by atoms with van der Waals surface area (Å²) in [5.41, 5.74) is 4.99. The highest BCUT2D eigenvalue weighted by atomic mass is 28.4. The number of benzene rings is 2. The molecular weight excluding hydrogens is 595 g/mol. The molecule has 246 valence electrons. The van der Waals surface area contributed by atoms with Crippen LogP contribution in [0.3, 0.4) is 0 Å². The molecule has 0 radical (unpaired) electrons. The van der Waals surface area contributed by atoms with Crippen LogP contribution in [0.4, 0.5) is 23.0 Å². The van der Waals surface area contributed by atoms with E-state index >= 15 is 0 Å². The minimum atomic E-state index is -1.86. The summed E-state index contributed by atoms with van der Waals surface area (Å²) in [5, 5.41) is 7.53. The highest BCUT2D eigenvalue weighted by Gasteiger charge is 2.37. The molecule has 0 bridgehead atoms. The smallest absolute Gasteiger partial charge is 0.247 e. The normalized spacial score (nSPS) is 12.0. The first-order chi connectivity index (χ1) is 21.7. The van der Waals surface area contributed by atoms with E-state index in [0.717, 1.165) is 47.5 Å². The SMILES string of the molecule is C=CC(=O)Nc1cc(Nc2nccc(-c3cn(CCO[Si](C)(C)C(C)(C)C)c4ccccc34)n2)c(OC)cc1N(C)CCN(C)C. The third-order valence-corrected chi connectivity index (χ3v) is 13.2. The Morgan fingerprint density at radius 3 is 2.50 bits per heavy atom. The average molecular weight is 644 g/mol. The first-order valence-corrected chi connectivity index (χ1v) is 18.5. The van der Waals surface area contributed by atoms with Crippen LogP contribution in [-0.2, 0) is 15.8 Å². The fourth-order valence-electron chi connectivity index (χ4n) is 4.85. The van der Waals surface area contributed by atoms with Gasteiger partial charge in [0.25, 0.3) is 0 Å². The number of nitrogens with zero attached hydrogens (tertiary/aromatic N) is 5. The van der Waals surface area contributed by atoms with Crippen molar-refractivity contribution in [3.05, 3.63) is 67.5 Å².